The number of aliphatic hydroxyl groups excluding tert-OH is 1. The highest BCUT2D eigenvalue weighted by atomic mass is 16.5. The second-order valence-corrected chi connectivity index (χ2v) is 3.49. The van der Waals surface area contributed by atoms with Gasteiger partial charge in [0.15, 0.2) is 0 Å². The Bertz CT molecular complexity index is 269. The zero-order valence-corrected chi connectivity index (χ0v) is 8.60. The van der Waals surface area contributed by atoms with E-state index in [0.717, 1.165) is 11.3 Å². The van der Waals surface area contributed by atoms with Crippen molar-refractivity contribution in [2.75, 3.05) is 6.54 Å². The van der Waals surface area contributed by atoms with Crippen LogP contribution in [0.1, 0.15) is 25.5 Å². The molecule has 3 nitrogen and oxygen atoms in total. The molecular weight excluding hydrogens is 178 g/mol. The summed E-state index contributed by atoms with van der Waals surface area (Å²) in [5.74, 6) is 0.813. The fourth-order valence-electron chi connectivity index (χ4n) is 1.18. The Labute approximate surface area is 84.5 Å². The van der Waals surface area contributed by atoms with Gasteiger partial charge in [-0.1, -0.05) is 12.1 Å². The van der Waals surface area contributed by atoms with Crippen LogP contribution < -0.4 is 10.5 Å². The molecule has 0 aliphatic rings. The normalized spacial score (nSPS) is 12.9. The highest BCUT2D eigenvalue weighted by Gasteiger charge is 2.04. The zero-order valence-electron chi connectivity index (χ0n) is 8.60. The molecule has 0 saturated heterocycles. The molecule has 0 heterocycles. The minimum atomic E-state index is -0.580. The molecule has 1 aromatic carbocycles. The summed E-state index contributed by atoms with van der Waals surface area (Å²) in [4.78, 5) is 0. The first kappa shape index (κ1) is 11.0. The van der Waals surface area contributed by atoms with E-state index in [0.29, 0.717) is 0 Å². The first-order valence-electron chi connectivity index (χ1n) is 4.78. The van der Waals surface area contributed by atoms with Gasteiger partial charge in [0.25, 0.3) is 0 Å². The van der Waals surface area contributed by atoms with Crippen molar-refractivity contribution in [3.05, 3.63) is 29.8 Å². The van der Waals surface area contributed by atoms with Crippen molar-refractivity contribution in [1.82, 2.24) is 0 Å². The highest BCUT2D eigenvalue weighted by molar-refractivity contribution is 5.28. The van der Waals surface area contributed by atoms with E-state index in [1.165, 1.54) is 0 Å². The summed E-state index contributed by atoms with van der Waals surface area (Å²) in [6.45, 7) is 4.19. The summed E-state index contributed by atoms with van der Waals surface area (Å²) in [5.41, 5.74) is 6.16. The minimum Gasteiger partial charge on any atom is -0.491 e. The standard InChI is InChI=1S/C11H17NO2/c1-8(2)14-10-5-3-9(4-6-10)11(13)7-12/h3-6,8,11,13H,7,12H2,1-2H3/t11-/m0/s1. The summed E-state index contributed by atoms with van der Waals surface area (Å²) in [5, 5.41) is 9.44. The molecule has 0 radical (unpaired) electrons. The average Bonchev–Trinajstić information content (AvgIpc) is 2.17. The van der Waals surface area contributed by atoms with Crippen LogP contribution in [0.15, 0.2) is 24.3 Å². The van der Waals surface area contributed by atoms with Crippen LogP contribution in [0.2, 0.25) is 0 Å². The lowest BCUT2D eigenvalue weighted by Gasteiger charge is -2.11. The van der Waals surface area contributed by atoms with E-state index in [1.54, 1.807) is 0 Å². The van der Waals surface area contributed by atoms with E-state index < -0.39 is 6.10 Å². The average molecular weight is 195 g/mol. The van der Waals surface area contributed by atoms with Crippen molar-refractivity contribution < 1.29 is 9.84 Å². The topological polar surface area (TPSA) is 55.5 Å². The van der Waals surface area contributed by atoms with Crippen molar-refractivity contribution in [1.29, 1.82) is 0 Å². The largest absolute Gasteiger partial charge is 0.491 e. The van der Waals surface area contributed by atoms with E-state index in [2.05, 4.69) is 0 Å². The summed E-state index contributed by atoms with van der Waals surface area (Å²) >= 11 is 0. The minimum absolute atomic E-state index is 0.167. The molecule has 0 spiro atoms. The van der Waals surface area contributed by atoms with Gasteiger partial charge >= 0.3 is 0 Å². The lowest BCUT2D eigenvalue weighted by molar-refractivity contribution is 0.186. The van der Waals surface area contributed by atoms with Crippen LogP contribution in [0.25, 0.3) is 0 Å². The molecule has 0 bridgehead atoms. The fourth-order valence-corrected chi connectivity index (χ4v) is 1.18. The zero-order chi connectivity index (χ0) is 10.6. The van der Waals surface area contributed by atoms with Crippen LogP contribution in [-0.2, 0) is 0 Å². The Kier molecular flexibility index (Phi) is 3.92. The van der Waals surface area contributed by atoms with Gasteiger partial charge in [-0.05, 0) is 31.5 Å². The van der Waals surface area contributed by atoms with Crippen LogP contribution in [0, 0.1) is 0 Å². The molecule has 14 heavy (non-hydrogen) atoms. The molecule has 0 saturated carbocycles. The molecule has 0 fully saturated rings. The molecule has 1 atom stereocenters. The van der Waals surface area contributed by atoms with Crippen molar-refractivity contribution in [2.45, 2.75) is 26.1 Å². The van der Waals surface area contributed by atoms with Gasteiger partial charge in [0.2, 0.25) is 0 Å². The molecule has 78 valence electrons. The van der Waals surface area contributed by atoms with Crippen molar-refractivity contribution in [3.63, 3.8) is 0 Å². The molecule has 0 amide bonds. The molecule has 0 unspecified atom stereocenters. The third-order valence-electron chi connectivity index (χ3n) is 1.86. The van der Waals surface area contributed by atoms with Gasteiger partial charge in [-0.25, -0.2) is 0 Å². The number of hydrogen-bond donors (Lipinski definition) is 2. The Hall–Kier alpha value is -1.06. The van der Waals surface area contributed by atoms with Crippen molar-refractivity contribution >= 4 is 0 Å². The van der Waals surface area contributed by atoms with E-state index >= 15 is 0 Å². The number of aliphatic hydroxyl groups is 1. The number of nitrogens with two attached hydrogens (primary N) is 1. The molecule has 1 rings (SSSR count). The van der Waals surface area contributed by atoms with Crippen molar-refractivity contribution in [2.24, 2.45) is 5.73 Å². The van der Waals surface area contributed by atoms with Crippen LogP contribution in [0.5, 0.6) is 5.75 Å². The first-order valence-corrected chi connectivity index (χ1v) is 4.78. The molecule has 0 aliphatic carbocycles. The van der Waals surface area contributed by atoms with Gasteiger partial charge in [0.05, 0.1) is 12.2 Å². The summed E-state index contributed by atoms with van der Waals surface area (Å²) in [7, 11) is 0. The van der Waals surface area contributed by atoms with E-state index in [-0.39, 0.29) is 12.6 Å². The van der Waals surface area contributed by atoms with Crippen LogP contribution in [-0.4, -0.2) is 17.8 Å². The Morgan fingerprint density at radius 2 is 1.86 bits per heavy atom. The molecule has 0 aliphatic heterocycles. The lowest BCUT2D eigenvalue weighted by atomic mass is 10.1. The van der Waals surface area contributed by atoms with E-state index in [9.17, 15) is 5.11 Å². The summed E-state index contributed by atoms with van der Waals surface area (Å²) < 4.78 is 5.47. The predicted molar refractivity (Wildman–Crippen MR) is 56.2 cm³/mol. The Balaban J connectivity index is 2.68. The second kappa shape index (κ2) is 4.98. The number of rotatable bonds is 4. The fraction of sp³-hybridized carbons (Fsp3) is 0.455. The summed E-state index contributed by atoms with van der Waals surface area (Å²) in [6.07, 6.45) is -0.414. The SMILES string of the molecule is CC(C)Oc1ccc([C@@H](O)CN)cc1. The maximum Gasteiger partial charge on any atom is 0.119 e. The molecule has 3 heteroatoms. The van der Waals surface area contributed by atoms with Crippen LogP contribution in [0.4, 0.5) is 0 Å². The monoisotopic (exact) mass is 195 g/mol. The maximum absolute atomic E-state index is 9.44. The van der Waals surface area contributed by atoms with Gasteiger partial charge < -0.3 is 15.6 Å². The molecule has 1 aromatic rings. The van der Waals surface area contributed by atoms with Gasteiger partial charge in [-0.2, -0.15) is 0 Å². The first-order chi connectivity index (χ1) is 6.63. The number of hydrogen-bond acceptors (Lipinski definition) is 3. The van der Waals surface area contributed by atoms with Gasteiger partial charge in [0, 0.05) is 6.54 Å². The third-order valence-corrected chi connectivity index (χ3v) is 1.86. The Morgan fingerprint density at radius 1 is 1.29 bits per heavy atom. The van der Waals surface area contributed by atoms with Crippen LogP contribution in [0.3, 0.4) is 0 Å². The smallest absolute Gasteiger partial charge is 0.119 e. The van der Waals surface area contributed by atoms with Crippen LogP contribution >= 0.6 is 0 Å². The number of benzene rings is 1. The maximum atomic E-state index is 9.44. The molecular formula is C11H17NO2. The van der Waals surface area contributed by atoms with Crippen molar-refractivity contribution in [3.8, 4) is 5.75 Å². The predicted octanol–water partition coefficient (Wildman–Crippen LogP) is 1.47. The molecule has 3 N–H and O–H groups in total. The molecule has 0 aromatic heterocycles. The van der Waals surface area contributed by atoms with Gasteiger partial charge in [0.1, 0.15) is 5.75 Å². The number of ether oxygens (including phenoxy) is 1. The summed E-state index contributed by atoms with van der Waals surface area (Å²) in [6, 6.07) is 7.34. The third kappa shape index (κ3) is 3.01. The van der Waals surface area contributed by atoms with E-state index in [1.807, 2.05) is 38.1 Å². The Morgan fingerprint density at radius 3 is 2.29 bits per heavy atom. The quantitative estimate of drug-likeness (QED) is 0.764. The van der Waals surface area contributed by atoms with Gasteiger partial charge in [-0.15, -0.1) is 0 Å². The van der Waals surface area contributed by atoms with E-state index in [4.69, 9.17) is 10.5 Å². The lowest BCUT2D eigenvalue weighted by Crippen LogP contribution is -2.11. The highest BCUT2D eigenvalue weighted by Crippen LogP contribution is 2.17. The second-order valence-electron chi connectivity index (χ2n) is 3.49. The van der Waals surface area contributed by atoms with Gasteiger partial charge in [-0.3, -0.25) is 0 Å².